The van der Waals surface area contributed by atoms with Crippen LogP contribution in [0.2, 0.25) is 10.0 Å². The molecule has 10 heteroatoms. The van der Waals surface area contributed by atoms with Gasteiger partial charge in [-0.05, 0) is 54.8 Å². The number of alkyl halides is 3. The van der Waals surface area contributed by atoms with E-state index in [0.717, 1.165) is 37.3 Å². The normalized spacial score (nSPS) is 15.0. The second-order valence-electron chi connectivity index (χ2n) is 8.09. The van der Waals surface area contributed by atoms with Crippen molar-refractivity contribution in [2.45, 2.75) is 44.3 Å². The van der Waals surface area contributed by atoms with Crippen LogP contribution in [-0.2, 0) is 12.6 Å². The molecule has 1 saturated carbocycles. The summed E-state index contributed by atoms with van der Waals surface area (Å²) in [4.78, 5) is 17.3. The highest BCUT2D eigenvalue weighted by atomic mass is 35.5. The molecule has 1 aliphatic rings. The number of amides is 1. The van der Waals surface area contributed by atoms with Crippen molar-refractivity contribution in [3.05, 3.63) is 81.5 Å². The van der Waals surface area contributed by atoms with E-state index in [2.05, 4.69) is 15.4 Å². The molecule has 1 aliphatic carbocycles. The summed E-state index contributed by atoms with van der Waals surface area (Å²) in [5, 5.41) is 7.53. The number of amidine groups is 1. The van der Waals surface area contributed by atoms with Gasteiger partial charge in [0.1, 0.15) is 5.84 Å². The van der Waals surface area contributed by atoms with Crippen LogP contribution < -0.4 is 5.32 Å². The molecule has 1 heterocycles. The average Bonchev–Trinajstić information content (AvgIpc) is 3.44. The van der Waals surface area contributed by atoms with Crippen LogP contribution in [0, 0.1) is 0 Å². The predicted octanol–water partition coefficient (Wildman–Crippen LogP) is 7.03. The van der Waals surface area contributed by atoms with Crippen LogP contribution in [0.5, 0.6) is 0 Å². The number of hydrogen-bond acceptors (Lipinski definition) is 3. The third-order valence-corrected chi connectivity index (χ3v) is 6.04. The molecule has 1 amide bonds. The first-order chi connectivity index (χ1) is 16.2. The number of nitrogens with one attached hydrogen (secondary N) is 1. The van der Waals surface area contributed by atoms with E-state index >= 15 is 0 Å². The number of rotatable bonds is 5. The quantitative estimate of drug-likeness (QED) is 0.297. The average molecular weight is 509 g/mol. The molecule has 1 aromatic heterocycles. The maximum absolute atomic E-state index is 13.4. The van der Waals surface area contributed by atoms with E-state index in [-0.39, 0.29) is 24.1 Å². The topological polar surface area (TPSA) is 59.3 Å². The van der Waals surface area contributed by atoms with Crippen molar-refractivity contribution < 1.29 is 18.0 Å². The smallest absolute Gasteiger partial charge is 0.310 e. The van der Waals surface area contributed by atoms with Gasteiger partial charge in [-0.3, -0.25) is 4.79 Å². The van der Waals surface area contributed by atoms with Gasteiger partial charge in [-0.25, -0.2) is 9.67 Å². The standard InChI is InChI=1S/C24H21Cl2F3N4O/c25-17-10-8-16(9-11-17)23(34)31-21(13-15-4-3-5-18(26)12-15)30-22-14-20(24(27,28)29)32-33(22)19-6-1-2-7-19/h3-5,8-12,14,19H,1-2,6-7,13H2,(H,30,31,34). The summed E-state index contributed by atoms with van der Waals surface area (Å²) < 4.78 is 41.7. The molecule has 3 aromatic rings. The summed E-state index contributed by atoms with van der Waals surface area (Å²) >= 11 is 12.0. The lowest BCUT2D eigenvalue weighted by Crippen LogP contribution is -2.32. The number of nitrogens with zero attached hydrogens (tertiary/aromatic N) is 3. The predicted molar refractivity (Wildman–Crippen MR) is 126 cm³/mol. The zero-order valence-corrected chi connectivity index (χ0v) is 19.5. The Labute approximate surface area is 204 Å². The summed E-state index contributed by atoms with van der Waals surface area (Å²) in [6, 6.07) is 14.0. The highest BCUT2D eigenvalue weighted by Gasteiger charge is 2.36. The summed E-state index contributed by atoms with van der Waals surface area (Å²) in [6.45, 7) is 0. The van der Waals surface area contributed by atoms with E-state index in [1.807, 2.05) is 0 Å². The van der Waals surface area contributed by atoms with E-state index in [0.29, 0.717) is 15.6 Å². The highest BCUT2D eigenvalue weighted by molar-refractivity contribution is 6.31. The first-order valence-corrected chi connectivity index (χ1v) is 11.5. The van der Waals surface area contributed by atoms with Gasteiger partial charge >= 0.3 is 6.18 Å². The third-order valence-electron chi connectivity index (χ3n) is 5.55. The number of carbonyl (C=O) groups excluding carboxylic acids is 1. The van der Waals surface area contributed by atoms with Gasteiger partial charge < -0.3 is 5.32 Å². The molecule has 0 saturated heterocycles. The van der Waals surface area contributed by atoms with E-state index in [4.69, 9.17) is 23.2 Å². The monoisotopic (exact) mass is 508 g/mol. The Morgan fingerprint density at radius 2 is 1.76 bits per heavy atom. The summed E-state index contributed by atoms with van der Waals surface area (Å²) in [5.74, 6) is -0.233. The third kappa shape index (κ3) is 5.98. The highest BCUT2D eigenvalue weighted by Crippen LogP contribution is 2.37. The van der Waals surface area contributed by atoms with Gasteiger partial charge in [-0.15, -0.1) is 0 Å². The van der Waals surface area contributed by atoms with Gasteiger partial charge in [0, 0.05) is 28.1 Å². The first-order valence-electron chi connectivity index (χ1n) is 10.7. The molecule has 0 unspecified atom stereocenters. The minimum atomic E-state index is -4.60. The van der Waals surface area contributed by atoms with E-state index in [1.54, 1.807) is 48.5 Å². The lowest BCUT2D eigenvalue weighted by molar-refractivity contribution is -0.141. The minimum absolute atomic E-state index is 0.0488. The molecule has 1 N–H and O–H groups in total. The van der Waals surface area contributed by atoms with E-state index < -0.39 is 17.8 Å². The van der Waals surface area contributed by atoms with Crippen molar-refractivity contribution in [3.8, 4) is 0 Å². The zero-order valence-electron chi connectivity index (χ0n) is 17.9. The van der Waals surface area contributed by atoms with Gasteiger partial charge in [0.15, 0.2) is 11.5 Å². The number of aromatic nitrogens is 2. The largest absolute Gasteiger partial charge is 0.435 e. The summed E-state index contributed by atoms with van der Waals surface area (Å²) in [7, 11) is 0. The molecule has 0 atom stereocenters. The van der Waals surface area contributed by atoms with Gasteiger partial charge in [0.2, 0.25) is 0 Å². The van der Waals surface area contributed by atoms with Crippen molar-refractivity contribution >= 4 is 40.8 Å². The molecule has 1 fully saturated rings. The molecule has 5 nitrogen and oxygen atoms in total. The number of halogens is 5. The van der Waals surface area contributed by atoms with Crippen LogP contribution in [0.1, 0.15) is 53.3 Å². The van der Waals surface area contributed by atoms with Crippen LogP contribution in [0.15, 0.2) is 59.6 Å². The van der Waals surface area contributed by atoms with Crippen LogP contribution in [0.25, 0.3) is 0 Å². The minimum Gasteiger partial charge on any atom is -0.310 e. The molecule has 34 heavy (non-hydrogen) atoms. The zero-order chi connectivity index (χ0) is 24.3. The van der Waals surface area contributed by atoms with Crippen molar-refractivity contribution in [1.82, 2.24) is 15.1 Å². The molecule has 178 valence electrons. The van der Waals surface area contributed by atoms with E-state index in [9.17, 15) is 18.0 Å². The lowest BCUT2D eigenvalue weighted by Gasteiger charge is -2.14. The Hall–Kier alpha value is -2.84. The molecule has 2 aromatic carbocycles. The Morgan fingerprint density at radius 3 is 2.41 bits per heavy atom. The Kier molecular flexibility index (Phi) is 7.28. The number of benzene rings is 2. The molecule has 0 aliphatic heterocycles. The maximum Gasteiger partial charge on any atom is 0.435 e. The van der Waals surface area contributed by atoms with Crippen LogP contribution in [0.3, 0.4) is 0 Å². The van der Waals surface area contributed by atoms with Crippen molar-refractivity contribution in [3.63, 3.8) is 0 Å². The molecular weight excluding hydrogens is 488 g/mol. The van der Waals surface area contributed by atoms with Crippen molar-refractivity contribution in [2.75, 3.05) is 0 Å². The Bertz CT molecular complexity index is 1200. The van der Waals surface area contributed by atoms with Gasteiger partial charge in [-0.1, -0.05) is 48.2 Å². The Balaban J connectivity index is 1.72. The van der Waals surface area contributed by atoms with Crippen molar-refractivity contribution in [2.24, 2.45) is 4.99 Å². The summed E-state index contributed by atoms with van der Waals surface area (Å²) in [5.41, 5.74) is 0.0680. The first kappa shape index (κ1) is 24.3. The van der Waals surface area contributed by atoms with Gasteiger partial charge in [0.25, 0.3) is 5.91 Å². The molecule has 0 spiro atoms. The number of hydrogen-bond donors (Lipinski definition) is 1. The molecular formula is C24H21Cl2F3N4O. The van der Waals surface area contributed by atoms with Gasteiger partial charge in [0.05, 0.1) is 6.04 Å². The molecule has 4 rings (SSSR count). The fraction of sp³-hybridized carbons (Fsp3) is 0.292. The Morgan fingerprint density at radius 1 is 1.06 bits per heavy atom. The van der Waals surface area contributed by atoms with Crippen LogP contribution in [0.4, 0.5) is 19.0 Å². The van der Waals surface area contributed by atoms with Crippen molar-refractivity contribution in [1.29, 1.82) is 0 Å². The van der Waals surface area contributed by atoms with Gasteiger partial charge in [-0.2, -0.15) is 18.3 Å². The fourth-order valence-electron chi connectivity index (χ4n) is 3.92. The van der Waals surface area contributed by atoms with Crippen LogP contribution in [-0.4, -0.2) is 21.5 Å². The second-order valence-corrected chi connectivity index (χ2v) is 8.97. The fourth-order valence-corrected chi connectivity index (χ4v) is 4.26. The summed E-state index contributed by atoms with van der Waals surface area (Å²) in [6.07, 6.45) is -1.18. The van der Waals surface area contributed by atoms with Crippen LogP contribution >= 0.6 is 23.2 Å². The molecule has 0 bridgehead atoms. The SMILES string of the molecule is O=C(NC(Cc1cccc(Cl)c1)=Nc1cc(C(F)(F)F)nn1C1CCCC1)c1ccc(Cl)cc1. The number of carbonyl (C=O) groups is 1. The number of aliphatic imine (C=N–C) groups is 1. The molecule has 0 radical (unpaired) electrons. The van der Waals surface area contributed by atoms with E-state index in [1.165, 1.54) is 4.68 Å². The maximum atomic E-state index is 13.4. The second kappa shape index (κ2) is 10.2. The lowest BCUT2D eigenvalue weighted by atomic mass is 10.1.